The second-order valence-electron chi connectivity index (χ2n) is 5.14. The molecule has 0 aliphatic carbocycles. The topological polar surface area (TPSA) is 107 Å². The molecule has 0 amide bonds. The molecule has 0 aliphatic rings. The van der Waals surface area contributed by atoms with Gasteiger partial charge in [0, 0.05) is 25.5 Å². The molecular weight excluding hydrogens is 330 g/mol. The maximum absolute atomic E-state index is 12.0. The van der Waals surface area contributed by atoms with E-state index < -0.39 is 12.2 Å². The van der Waals surface area contributed by atoms with Crippen molar-refractivity contribution in [1.29, 1.82) is 0 Å². The van der Waals surface area contributed by atoms with Crippen LogP contribution >= 0.6 is 0 Å². The second-order valence-corrected chi connectivity index (χ2v) is 5.14. The Kier molecular flexibility index (Phi) is 12.7. The molecule has 1 aromatic rings. The first kappa shape index (κ1) is 21.5. The molecule has 1 rings (SSSR count). The summed E-state index contributed by atoms with van der Waals surface area (Å²) in [7, 11) is 0. The molecule has 2 N–H and O–H groups in total. The summed E-state index contributed by atoms with van der Waals surface area (Å²) in [5, 5.41) is 0. The van der Waals surface area contributed by atoms with Crippen LogP contribution in [0.4, 0.5) is 4.79 Å². The van der Waals surface area contributed by atoms with Crippen molar-refractivity contribution in [3.05, 3.63) is 18.7 Å². The number of aromatic nitrogens is 2. The summed E-state index contributed by atoms with van der Waals surface area (Å²) in [5.41, 5.74) is 5.33. The van der Waals surface area contributed by atoms with E-state index >= 15 is 0 Å². The van der Waals surface area contributed by atoms with Gasteiger partial charge in [-0.05, 0) is 6.42 Å². The summed E-state index contributed by atoms with van der Waals surface area (Å²) in [6.45, 7) is 5.89. The quantitative estimate of drug-likeness (QED) is 0.455. The van der Waals surface area contributed by atoms with Crippen LogP contribution in [0.15, 0.2) is 18.7 Å². The van der Waals surface area contributed by atoms with Crippen LogP contribution in [0.25, 0.3) is 0 Å². The third-order valence-electron chi connectivity index (χ3n) is 2.94. The summed E-state index contributed by atoms with van der Waals surface area (Å²) >= 11 is 0. The Morgan fingerprint density at radius 2 is 1.68 bits per heavy atom. The van der Waals surface area contributed by atoms with Crippen molar-refractivity contribution >= 4 is 6.09 Å². The molecule has 1 aromatic heterocycles. The Balaban J connectivity index is 2.28. The van der Waals surface area contributed by atoms with E-state index in [4.69, 9.17) is 29.4 Å². The smallest absolute Gasteiger partial charge is 0.419 e. The van der Waals surface area contributed by atoms with E-state index in [1.165, 1.54) is 23.3 Å². The van der Waals surface area contributed by atoms with E-state index in [-0.39, 0.29) is 13.2 Å². The summed E-state index contributed by atoms with van der Waals surface area (Å²) in [6, 6.07) is 0. The number of hydrogen-bond donors (Lipinski definition) is 1. The van der Waals surface area contributed by atoms with Crippen LogP contribution in [0.3, 0.4) is 0 Å². The fourth-order valence-electron chi connectivity index (χ4n) is 1.78. The van der Waals surface area contributed by atoms with Gasteiger partial charge in [0.15, 0.2) is 6.10 Å². The molecule has 0 saturated carbocycles. The minimum absolute atomic E-state index is 0.211. The van der Waals surface area contributed by atoms with Gasteiger partial charge in [0.05, 0.1) is 46.2 Å². The van der Waals surface area contributed by atoms with Crippen LogP contribution < -0.4 is 5.73 Å². The zero-order chi connectivity index (χ0) is 18.2. The minimum Gasteiger partial charge on any atom is -0.441 e. The number of nitrogens with two attached hydrogens (primary N) is 1. The predicted octanol–water partition coefficient (Wildman–Crippen LogP) is 0.672. The first-order valence-corrected chi connectivity index (χ1v) is 8.47. The summed E-state index contributed by atoms with van der Waals surface area (Å²) < 4.78 is 28.2. The van der Waals surface area contributed by atoms with Crippen molar-refractivity contribution in [2.24, 2.45) is 5.73 Å². The van der Waals surface area contributed by atoms with E-state index in [0.29, 0.717) is 46.2 Å². The van der Waals surface area contributed by atoms with Gasteiger partial charge in [-0.15, -0.1) is 0 Å². The largest absolute Gasteiger partial charge is 0.441 e. The lowest BCUT2D eigenvalue weighted by atomic mass is 10.4. The highest BCUT2D eigenvalue weighted by atomic mass is 16.6. The first-order valence-electron chi connectivity index (χ1n) is 8.47. The van der Waals surface area contributed by atoms with E-state index in [9.17, 15) is 4.79 Å². The standard InChI is InChI=1S/C16H29N3O6/c1-2-6-21-8-10-23-12-15(13-24-11-9-22-7-3-17)25-16(20)19-5-4-18-14-19/h4-5,14-15H,2-3,6-13,17H2,1H3. The van der Waals surface area contributed by atoms with Crippen molar-refractivity contribution in [3.8, 4) is 0 Å². The second kappa shape index (κ2) is 14.8. The van der Waals surface area contributed by atoms with Crippen LogP contribution in [-0.2, 0) is 23.7 Å². The highest BCUT2D eigenvalue weighted by molar-refractivity contribution is 5.70. The van der Waals surface area contributed by atoms with Gasteiger partial charge in [-0.2, -0.15) is 0 Å². The third-order valence-corrected chi connectivity index (χ3v) is 2.94. The first-order chi connectivity index (χ1) is 12.3. The van der Waals surface area contributed by atoms with Gasteiger partial charge in [0.1, 0.15) is 6.33 Å². The number of nitrogens with zero attached hydrogens (tertiary/aromatic N) is 2. The number of carbonyl (C=O) groups excluding carboxylic acids is 1. The molecule has 0 saturated heterocycles. The van der Waals surface area contributed by atoms with Crippen molar-refractivity contribution in [2.45, 2.75) is 19.4 Å². The van der Waals surface area contributed by atoms with Gasteiger partial charge in [-0.25, -0.2) is 14.3 Å². The van der Waals surface area contributed by atoms with Crippen molar-refractivity contribution in [3.63, 3.8) is 0 Å². The number of ether oxygens (including phenoxy) is 5. The normalized spacial score (nSPS) is 12.2. The van der Waals surface area contributed by atoms with Crippen LogP contribution in [0.1, 0.15) is 13.3 Å². The summed E-state index contributed by atoms with van der Waals surface area (Å²) in [4.78, 5) is 15.8. The molecule has 0 aliphatic heterocycles. The zero-order valence-corrected chi connectivity index (χ0v) is 14.8. The molecule has 9 nitrogen and oxygen atoms in total. The summed E-state index contributed by atoms with van der Waals surface area (Å²) in [6.07, 6.45) is 4.29. The zero-order valence-electron chi connectivity index (χ0n) is 14.8. The molecule has 1 unspecified atom stereocenters. The number of rotatable bonds is 15. The van der Waals surface area contributed by atoms with Gasteiger partial charge in [0.25, 0.3) is 0 Å². The van der Waals surface area contributed by atoms with Gasteiger partial charge in [-0.3, -0.25) is 0 Å². The molecule has 9 heteroatoms. The number of carbonyl (C=O) groups is 1. The Bertz CT molecular complexity index is 414. The van der Waals surface area contributed by atoms with Crippen molar-refractivity contribution < 1.29 is 28.5 Å². The monoisotopic (exact) mass is 359 g/mol. The van der Waals surface area contributed by atoms with Crippen molar-refractivity contribution in [1.82, 2.24) is 9.55 Å². The molecule has 0 radical (unpaired) electrons. The van der Waals surface area contributed by atoms with Gasteiger partial charge >= 0.3 is 6.09 Å². The fraction of sp³-hybridized carbons (Fsp3) is 0.750. The lowest BCUT2D eigenvalue weighted by molar-refractivity contribution is -0.0464. The van der Waals surface area contributed by atoms with Crippen LogP contribution in [0.2, 0.25) is 0 Å². The van der Waals surface area contributed by atoms with Crippen molar-refractivity contribution in [2.75, 3.05) is 59.4 Å². The molecule has 144 valence electrons. The molecule has 0 bridgehead atoms. The fourth-order valence-corrected chi connectivity index (χ4v) is 1.78. The van der Waals surface area contributed by atoms with E-state index in [1.54, 1.807) is 0 Å². The van der Waals surface area contributed by atoms with Crippen LogP contribution in [0, 0.1) is 0 Å². The summed E-state index contributed by atoms with van der Waals surface area (Å²) in [5.74, 6) is 0. The van der Waals surface area contributed by atoms with Gasteiger partial charge in [0.2, 0.25) is 0 Å². The minimum atomic E-state index is -0.532. The Hall–Kier alpha value is -1.52. The predicted molar refractivity (Wildman–Crippen MR) is 90.5 cm³/mol. The SMILES string of the molecule is CCCOCCOCC(COCCOCCN)OC(=O)n1ccnc1. The third kappa shape index (κ3) is 10.8. The molecule has 0 fully saturated rings. The van der Waals surface area contributed by atoms with Gasteiger partial charge < -0.3 is 29.4 Å². The lowest BCUT2D eigenvalue weighted by Gasteiger charge is -2.18. The maximum Gasteiger partial charge on any atom is 0.419 e. The van der Waals surface area contributed by atoms with E-state index in [2.05, 4.69) is 4.98 Å². The molecule has 0 spiro atoms. The number of hydrogen-bond acceptors (Lipinski definition) is 8. The van der Waals surface area contributed by atoms with Crippen LogP contribution in [-0.4, -0.2) is 81.1 Å². The average Bonchev–Trinajstić information content (AvgIpc) is 3.15. The van der Waals surface area contributed by atoms with Gasteiger partial charge in [-0.1, -0.05) is 6.92 Å². The van der Waals surface area contributed by atoms with Crippen LogP contribution in [0.5, 0.6) is 0 Å². The highest BCUT2D eigenvalue weighted by Gasteiger charge is 2.16. The van der Waals surface area contributed by atoms with E-state index in [1.807, 2.05) is 6.92 Å². The number of imidazole rings is 1. The molecule has 25 heavy (non-hydrogen) atoms. The maximum atomic E-state index is 12.0. The molecular formula is C16H29N3O6. The Labute approximate surface area is 148 Å². The highest BCUT2D eigenvalue weighted by Crippen LogP contribution is 2.00. The lowest BCUT2D eigenvalue weighted by Crippen LogP contribution is -2.31. The molecule has 0 aromatic carbocycles. The van der Waals surface area contributed by atoms with E-state index in [0.717, 1.165) is 6.42 Å². The average molecular weight is 359 g/mol. The molecule has 1 atom stereocenters. The molecule has 1 heterocycles. The Morgan fingerprint density at radius 3 is 2.24 bits per heavy atom. The Morgan fingerprint density at radius 1 is 1.04 bits per heavy atom.